The molecule has 1 saturated carbocycles. The summed E-state index contributed by atoms with van der Waals surface area (Å²) in [6, 6.07) is 0. The van der Waals surface area contributed by atoms with Gasteiger partial charge in [0.25, 0.3) is 0 Å². The van der Waals surface area contributed by atoms with Crippen molar-refractivity contribution in [1.82, 2.24) is 0 Å². The molecule has 110 valence electrons. The van der Waals surface area contributed by atoms with Crippen LogP contribution < -0.4 is 0 Å². The highest BCUT2D eigenvalue weighted by molar-refractivity contribution is 5.02. The Kier molecular flexibility index (Phi) is 6.87. The minimum Gasteiger partial charge on any atom is -0.396 e. The van der Waals surface area contributed by atoms with E-state index in [1.54, 1.807) is 0 Å². The third kappa shape index (κ3) is 3.48. The van der Waals surface area contributed by atoms with Crippen molar-refractivity contribution >= 4 is 0 Å². The molecule has 0 aliphatic heterocycles. The van der Waals surface area contributed by atoms with Gasteiger partial charge in [0.1, 0.15) is 0 Å². The van der Waals surface area contributed by atoms with Gasteiger partial charge in [0.2, 0.25) is 0 Å². The van der Waals surface area contributed by atoms with Crippen molar-refractivity contribution in [3.63, 3.8) is 0 Å². The molecule has 0 spiro atoms. The lowest BCUT2D eigenvalue weighted by Crippen LogP contribution is -2.38. The predicted octanol–water partition coefficient (Wildman–Crippen LogP) is 4.12. The fourth-order valence-electron chi connectivity index (χ4n) is 2.57. The van der Waals surface area contributed by atoms with Crippen molar-refractivity contribution in [1.29, 1.82) is 0 Å². The Balaban J connectivity index is 0.00000137. The Labute approximate surface area is 114 Å². The van der Waals surface area contributed by atoms with Crippen molar-refractivity contribution in [3.8, 4) is 0 Å². The molecule has 3 unspecified atom stereocenters. The molecule has 0 aromatic carbocycles. The molecule has 0 aromatic heterocycles. The summed E-state index contributed by atoms with van der Waals surface area (Å²) < 4.78 is 6.02. The molecule has 0 amide bonds. The first kappa shape index (κ1) is 17.9. The van der Waals surface area contributed by atoms with Gasteiger partial charge in [-0.3, -0.25) is 0 Å². The van der Waals surface area contributed by atoms with Crippen LogP contribution in [0.25, 0.3) is 0 Å². The van der Waals surface area contributed by atoms with E-state index in [1.165, 1.54) is 0 Å². The maximum atomic E-state index is 9.01. The van der Waals surface area contributed by atoms with Gasteiger partial charge in [0.05, 0.1) is 12.7 Å². The number of rotatable bonds is 4. The van der Waals surface area contributed by atoms with Crippen LogP contribution in [-0.4, -0.2) is 24.4 Å². The topological polar surface area (TPSA) is 29.5 Å². The Morgan fingerprint density at radius 2 is 1.67 bits per heavy atom. The molecule has 3 atom stereocenters. The second-order valence-corrected chi connectivity index (χ2v) is 6.69. The highest BCUT2D eigenvalue weighted by Gasteiger charge is 2.53. The lowest BCUT2D eigenvalue weighted by molar-refractivity contribution is -0.0548. The molecule has 0 radical (unpaired) electrons. The van der Waals surface area contributed by atoms with E-state index in [2.05, 4.69) is 34.6 Å². The van der Waals surface area contributed by atoms with E-state index in [0.717, 1.165) is 6.42 Å². The van der Waals surface area contributed by atoms with Crippen molar-refractivity contribution in [2.75, 3.05) is 13.2 Å². The number of hydrogen-bond donors (Lipinski definition) is 1. The fraction of sp³-hybridized carbons (Fsp3) is 1.00. The molecular formula is C16H34O2. The van der Waals surface area contributed by atoms with Gasteiger partial charge in [-0.15, -0.1) is 0 Å². The van der Waals surface area contributed by atoms with Gasteiger partial charge in [0.15, 0.2) is 0 Å². The summed E-state index contributed by atoms with van der Waals surface area (Å²) in [4.78, 5) is 0. The Bertz CT molecular complexity index is 233. The van der Waals surface area contributed by atoms with Crippen LogP contribution in [0.3, 0.4) is 0 Å². The first-order chi connectivity index (χ1) is 8.23. The zero-order chi connectivity index (χ0) is 14.6. The molecule has 1 aliphatic carbocycles. The van der Waals surface area contributed by atoms with Crippen LogP contribution in [-0.2, 0) is 4.74 Å². The summed E-state index contributed by atoms with van der Waals surface area (Å²) in [5.74, 6) is 0.937. The van der Waals surface area contributed by atoms with E-state index in [0.29, 0.717) is 24.0 Å². The number of aliphatic hydroxyl groups excluding tert-OH is 1. The average molecular weight is 258 g/mol. The van der Waals surface area contributed by atoms with Gasteiger partial charge in [-0.2, -0.15) is 0 Å². The molecule has 0 bridgehead atoms. The largest absolute Gasteiger partial charge is 0.396 e. The van der Waals surface area contributed by atoms with Gasteiger partial charge < -0.3 is 9.84 Å². The molecule has 0 aromatic rings. The third-order valence-electron chi connectivity index (χ3n) is 5.16. The van der Waals surface area contributed by atoms with Gasteiger partial charge in [-0.05, 0) is 23.2 Å². The smallest absolute Gasteiger partial charge is 0.0634 e. The second-order valence-electron chi connectivity index (χ2n) is 6.69. The molecule has 0 saturated heterocycles. The normalized spacial score (nSPS) is 30.5. The molecule has 1 N–H and O–H groups in total. The highest BCUT2D eigenvalue weighted by Crippen LogP contribution is 2.56. The SMILES string of the molecule is CC.CC(CO)COC1CC(C)C(C)(C)C1(C)C. The highest BCUT2D eigenvalue weighted by atomic mass is 16.5. The number of ether oxygens (including phenoxy) is 1. The number of hydrogen-bond acceptors (Lipinski definition) is 2. The molecule has 18 heavy (non-hydrogen) atoms. The summed E-state index contributed by atoms with van der Waals surface area (Å²) in [5, 5.41) is 9.01. The Morgan fingerprint density at radius 1 is 1.17 bits per heavy atom. The van der Waals surface area contributed by atoms with E-state index < -0.39 is 0 Å². The molecule has 2 heteroatoms. The summed E-state index contributed by atoms with van der Waals surface area (Å²) in [5.41, 5.74) is 0.529. The first-order valence-electron chi connectivity index (χ1n) is 7.46. The van der Waals surface area contributed by atoms with Gasteiger partial charge in [-0.1, -0.05) is 55.4 Å². The third-order valence-corrected chi connectivity index (χ3v) is 5.16. The van der Waals surface area contributed by atoms with Gasteiger partial charge in [-0.25, -0.2) is 0 Å². The number of aliphatic hydroxyl groups is 1. The second kappa shape index (κ2) is 6.91. The van der Waals surface area contributed by atoms with Crippen molar-refractivity contribution in [2.45, 2.75) is 67.9 Å². The molecular weight excluding hydrogens is 224 g/mol. The van der Waals surface area contributed by atoms with E-state index in [4.69, 9.17) is 9.84 Å². The van der Waals surface area contributed by atoms with Gasteiger partial charge >= 0.3 is 0 Å². The predicted molar refractivity (Wildman–Crippen MR) is 78.7 cm³/mol. The van der Waals surface area contributed by atoms with Crippen molar-refractivity contribution < 1.29 is 9.84 Å². The standard InChI is InChI=1S/C14H28O2.C2H6/c1-10(8-15)9-16-12-7-11(2)13(3,4)14(12,5)6;1-2/h10-12,15H,7-9H2,1-6H3;1-2H3. The first-order valence-corrected chi connectivity index (χ1v) is 7.46. The summed E-state index contributed by atoms with van der Waals surface area (Å²) in [6.07, 6.45) is 1.46. The fourth-order valence-corrected chi connectivity index (χ4v) is 2.57. The summed E-state index contributed by atoms with van der Waals surface area (Å²) >= 11 is 0. The van der Waals surface area contributed by atoms with Crippen LogP contribution in [0.5, 0.6) is 0 Å². The summed E-state index contributed by atoms with van der Waals surface area (Å²) in [6.45, 7) is 18.5. The Hall–Kier alpha value is -0.0800. The minimum atomic E-state index is 0.210. The maximum absolute atomic E-state index is 9.01. The van der Waals surface area contributed by atoms with Gasteiger partial charge in [0, 0.05) is 12.5 Å². The van der Waals surface area contributed by atoms with Crippen LogP contribution in [0, 0.1) is 22.7 Å². The molecule has 1 aliphatic rings. The zero-order valence-electron chi connectivity index (χ0n) is 13.7. The zero-order valence-corrected chi connectivity index (χ0v) is 13.7. The van der Waals surface area contributed by atoms with Crippen LogP contribution in [0.4, 0.5) is 0 Å². The van der Waals surface area contributed by atoms with E-state index >= 15 is 0 Å². The van der Waals surface area contributed by atoms with E-state index in [1.807, 2.05) is 20.8 Å². The van der Waals surface area contributed by atoms with Crippen molar-refractivity contribution in [3.05, 3.63) is 0 Å². The average Bonchev–Trinajstić information content (AvgIpc) is 2.49. The molecule has 0 heterocycles. The lowest BCUT2D eigenvalue weighted by atomic mass is 9.67. The van der Waals surface area contributed by atoms with Crippen LogP contribution >= 0.6 is 0 Å². The Morgan fingerprint density at radius 3 is 2.00 bits per heavy atom. The van der Waals surface area contributed by atoms with E-state index in [9.17, 15) is 0 Å². The molecule has 2 nitrogen and oxygen atoms in total. The molecule has 1 fully saturated rings. The minimum absolute atomic E-state index is 0.210. The van der Waals surface area contributed by atoms with Crippen LogP contribution in [0.15, 0.2) is 0 Å². The molecule has 1 rings (SSSR count). The van der Waals surface area contributed by atoms with Crippen LogP contribution in [0.1, 0.15) is 61.8 Å². The summed E-state index contributed by atoms with van der Waals surface area (Å²) in [7, 11) is 0. The van der Waals surface area contributed by atoms with E-state index in [-0.39, 0.29) is 17.9 Å². The van der Waals surface area contributed by atoms with Crippen molar-refractivity contribution in [2.24, 2.45) is 22.7 Å². The van der Waals surface area contributed by atoms with Crippen LogP contribution in [0.2, 0.25) is 0 Å². The quantitative estimate of drug-likeness (QED) is 0.822. The monoisotopic (exact) mass is 258 g/mol. The lowest BCUT2D eigenvalue weighted by Gasteiger charge is -2.40. The maximum Gasteiger partial charge on any atom is 0.0634 e.